The van der Waals surface area contributed by atoms with Gasteiger partial charge in [0.1, 0.15) is 0 Å². The van der Waals surface area contributed by atoms with E-state index >= 15 is 0 Å². The molecule has 1 saturated heterocycles. The Morgan fingerprint density at radius 1 is 1.70 bits per heavy atom. The molecule has 60 valence electrons. The summed E-state index contributed by atoms with van der Waals surface area (Å²) in [6.07, 6.45) is 1.16. The molecule has 1 atom stereocenters. The SMILES string of the molecule is [CH2-][NH2+]CCNC1CCOC1. The summed E-state index contributed by atoms with van der Waals surface area (Å²) in [4.78, 5) is 0. The third kappa shape index (κ3) is 2.64. The highest BCUT2D eigenvalue weighted by molar-refractivity contribution is 4.69. The molecule has 0 saturated carbocycles. The molecule has 0 radical (unpaired) electrons. The van der Waals surface area contributed by atoms with Crippen molar-refractivity contribution >= 4 is 0 Å². The molecule has 0 spiro atoms. The van der Waals surface area contributed by atoms with Crippen molar-refractivity contribution in [3.8, 4) is 0 Å². The van der Waals surface area contributed by atoms with Gasteiger partial charge in [-0.3, -0.25) is 0 Å². The predicted octanol–water partition coefficient (Wildman–Crippen LogP) is -1.28. The van der Waals surface area contributed by atoms with Crippen LogP contribution in [0.2, 0.25) is 0 Å². The van der Waals surface area contributed by atoms with Crippen LogP contribution in [-0.2, 0) is 4.74 Å². The minimum atomic E-state index is 0.597. The van der Waals surface area contributed by atoms with Crippen molar-refractivity contribution in [2.24, 2.45) is 0 Å². The zero-order valence-corrected chi connectivity index (χ0v) is 6.31. The summed E-state index contributed by atoms with van der Waals surface area (Å²) in [6, 6.07) is 0.597. The quantitative estimate of drug-likeness (QED) is 0.381. The van der Waals surface area contributed by atoms with Gasteiger partial charge in [-0.05, 0) is 6.42 Å². The van der Waals surface area contributed by atoms with Crippen molar-refractivity contribution in [1.29, 1.82) is 0 Å². The fourth-order valence-corrected chi connectivity index (χ4v) is 1.09. The van der Waals surface area contributed by atoms with E-state index in [9.17, 15) is 0 Å². The van der Waals surface area contributed by atoms with Gasteiger partial charge in [-0.1, -0.05) is 0 Å². The van der Waals surface area contributed by atoms with Crippen molar-refractivity contribution in [3.63, 3.8) is 0 Å². The van der Waals surface area contributed by atoms with E-state index in [0.717, 1.165) is 32.7 Å². The number of rotatable bonds is 4. The lowest BCUT2D eigenvalue weighted by molar-refractivity contribution is -0.593. The highest BCUT2D eigenvalue weighted by Gasteiger charge is 2.13. The molecule has 0 aromatic carbocycles. The molecule has 1 unspecified atom stereocenters. The Morgan fingerprint density at radius 3 is 3.20 bits per heavy atom. The van der Waals surface area contributed by atoms with Crippen LogP contribution in [0.3, 0.4) is 0 Å². The first-order valence-corrected chi connectivity index (χ1v) is 3.85. The maximum absolute atomic E-state index is 5.20. The summed E-state index contributed by atoms with van der Waals surface area (Å²) < 4.78 is 5.20. The molecule has 0 aromatic heterocycles. The Hall–Kier alpha value is -0.120. The summed E-state index contributed by atoms with van der Waals surface area (Å²) in [6.45, 7) is 3.90. The molecule has 0 amide bonds. The van der Waals surface area contributed by atoms with Gasteiger partial charge >= 0.3 is 0 Å². The molecule has 3 nitrogen and oxygen atoms in total. The molecule has 3 heteroatoms. The molecule has 1 rings (SSSR count). The van der Waals surface area contributed by atoms with Crippen molar-refractivity contribution in [3.05, 3.63) is 7.05 Å². The van der Waals surface area contributed by atoms with Crippen LogP contribution >= 0.6 is 0 Å². The number of ether oxygens (including phenoxy) is 1. The molecule has 1 fully saturated rings. The zero-order chi connectivity index (χ0) is 7.23. The van der Waals surface area contributed by atoms with E-state index in [1.54, 1.807) is 0 Å². The van der Waals surface area contributed by atoms with Crippen molar-refractivity contribution in [2.75, 3.05) is 26.3 Å². The summed E-state index contributed by atoms with van der Waals surface area (Å²) in [5, 5.41) is 5.32. The van der Waals surface area contributed by atoms with E-state index in [2.05, 4.69) is 12.4 Å². The third-order valence-electron chi connectivity index (χ3n) is 1.71. The second-order valence-corrected chi connectivity index (χ2v) is 2.59. The fourth-order valence-electron chi connectivity index (χ4n) is 1.09. The van der Waals surface area contributed by atoms with Gasteiger partial charge in [0.15, 0.2) is 0 Å². The minimum Gasteiger partial charge on any atom is -0.478 e. The zero-order valence-electron chi connectivity index (χ0n) is 6.31. The maximum Gasteiger partial charge on any atom is 0.0642 e. The lowest BCUT2D eigenvalue weighted by Gasteiger charge is -2.08. The van der Waals surface area contributed by atoms with Gasteiger partial charge in [-0.15, -0.1) is 0 Å². The largest absolute Gasteiger partial charge is 0.478 e. The summed E-state index contributed by atoms with van der Waals surface area (Å²) >= 11 is 0. The Balaban J connectivity index is 1.91. The molecule has 0 aliphatic carbocycles. The summed E-state index contributed by atoms with van der Waals surface area (Å²) in [5.41, 5.74) is 0. The molecule has 3 N–H and O–H groups in total. The van der Waals surface area contributed by atoms with Crippen LogP contribution in [0, 0.1) is 7.05 Å². The highest BCUT2D eigenvalue weighted by Crippen LogP contribution is 2.01. The monoisotopic (exact) mass is 144 g/mol. The minimum absolute atomic E-state index is 0.597. The average Bonchev–Trinajstić information content (AvgIpc) is 2.41. The van der Waals surface area contributed by atoms with Crippen LogP contribution in [-0.4, -0.2) is 32.3 Å². The van der Waals surface area contributed by atoms with Gasteiger partial charge in [-0.2, -0.15) is 7.05 Å². The van der Waals surface area contributed by atoms with Crippen molar-refractivity contribution in [2.45, 2.75) is 12.5 Å². The Bertz CT molecular complexity index is 81.7. The maximum atomic E-state index is 5.20. The lowest BCUT2D eigenvalue weighted by atomic mass is 10.3. The molecular weight excluding hydrogens is 128 g/mol. The van der Waals surface area contributed by atoms with E-state index in [1.807, 2.05) is 5.32 Å². The van der Waals surface area contributed by atoms with E-state index in [1.165, 1.54) is 0 Å². The van der Waals surface area contributed by atoms with E-state index in [-0.39, 0.29) is 0 Å². The van der Waals surface area contributed by atoms with Crippen LogP contribution in [0.1, 0.15) is 6.42 Å². The Kier molecular flexibility index (Phi) is 3.72. The van der Waals surface area contributed by atoms with Crippen LogP contribution in [0.5, 0.6) is 0 Å². The molecular formula is C7H16N2O. The predicted molar refractivity (Wildman–Crippen MR) is 39.4 cm³/mol. The highest BCUT2D eigenvalue weighted by atomic mass is 16.5. The second kappa shape index (κ2) is 4.66. The second-order valence-electron chi connectivity index (χ2n) is 2.59. The number of hydrogen-bond acceptors (Lipinski definition) is 2. The summed E-state index contributed by atoms with van der Waals surface area (Å²) in [7, 11) is 3.65. The first kappa shape index (κ1) is 7.98. The Morgan fingerprint density at radius 2 is 2.60 bits per heavy atom. The van der Waals surface area contributed by atoms with Crippen LogP contribution in [0.15, 0.2) is 0 Å². The van der Waals surface area contributed by atoms with Crippen molar-refractivity contribution < 1.29 is 10.1 Å². The van der Waals surface area contributed by atoms with Crippen LogP contribution in [0.4, 0.5) is 0 Å². The van der Waals surface area contributed by atoms with Gasteiger partial charge in [0, 0.05) is 19.2 Å². The number of hydrogen-bond donors (Lipinski definition) is 2. The van der Waals surface area contributed by atoms with Crippen LogP contribution < -0.4 is 10.6 Å². The number of nitrogens with one attached hydrogen (secondary N) is 1. The lowest BCUT2D eigenvalue weighted by Crippen LogP contribution is -2.78. The summed E-state index contributed by atoms with van der Waals surface area (Å²) in [5.74, 6) is 0. The van der Waals surface area contributed by atoms with E-state index in [0.29, 0.717) is 6.04 Å². The van der Waals surface area contributed by atoms with Crippen molar-refractivity contribution in [1.82, 2.24) is 5.32 Å². The van der Waals surface area contributed by atoms with E-state index < -0.39 is 0 Å². The normalized spacial score (nSPS) is 25.5. The molecule has 0 aromatic rings. The third-order valence-corrected chi connectivity index (χ3v) is 1.71. The average molecular weight is 144 g/mol. The van der Waals surface area contributed by atoms with Gasteiger partial charge in [-0.25, -0.2) is 0 Å². The van der Waals surface area contributed by atoms with Gasteiger partial charge in [0.25, 0.3) is 0 Å². The smallest absolute Gasteiger partial charge is 0.0642 e. The fraction of sp³-hybridized carbons (Fsp3) is 0.857. The first-order chi connectivity index (χ1) is 4.93. The van der Waals surface area contributed by atoms with Gasteiger partial charge in [0.05, 0.1) is 13.2 Å². The van der Waals surface area contributed by atoms with Crippen LogP contribution in [0.25, 0.3) is 0 Å². The van der Waals surface area contributed by atoms with E-state index in [4.69, 9.17) is 4.74 Å². The molecule has 1 heterocycles. The first-order valence-electron chi connectivity index (χ1n) is 3.85. The standard InChI is InChI=1S/C7H16N2O/c1-8-3-4-9-7-2-5-10-6-7/h7,9H,1-6,8H2. The number of quaternary nitrogens is 1. The topological polar surface area (TPSA) is 37.9 Å². The molecule has 1 aliphatic heterocycles. The number of nitrogens with two attached hydrogens (primary N) is 1. The van der Waals surface area contributed by atoms with Gasteiger partial charge < -0.3 is 15.4 Å². The molecule has 0 bridgehead atoms. The Labute approximate surface area is 62.1 Å². The van der Waals surface area contributed by atoms with Gasteiger partial charge in [0.2, 0.25) is 0 Å². The molecule has 1 aliphatic rings. The molecule has 10 heavy (non-hydrogen) atoms.